The van der Waals surface area contributed by atoms with Crippen molar-refractivity contribution in [3.63, 3.8) is 0 Å². The molecule has 0 spiro atoms. The van der Waals surface area contributed by atoms with Crippen molar-refractivity contribution in [2.24, 2.45) is 0 Å². The molecule has 1 aliphatic heterocycles. The fraction of sp³-hybridized carbons (Fsp3) is 0.312. The number of aromatic nitrogens is 1. The Kier molecular flexibility index (Phi) is 3.88. The van der Waals surface area contributed by atoms with Crippen molar-refractivity contribution >= 4 is 28.8 Å². The lowest BCUT2D eigenvalue weighted by molar-refractivity contribution is 0.725. The Morgan fingerprint density at radius 3 is 2.67 bits per heavy atom. The van der Waals surface area contributed by atoms with E-state index in [9.17, 15) is 0 Å². The van der Waals surface area contributed by atoms with Gasteiger partial charge in [-0.2, -0.15) is 0 Å². The Morgan fingerprint density at radius 1 is 1.14 bits per heavy atom. The Balaban J connectivity index is 1.91. The summed E-state index contributed by atoms with van der Waals surface area (Å²) in [5.74, 6) is 0.844. The Labute approximate surface area is 130 Å². The number of hydrogen-bond donors (Lipinski definition) is 1. The number of fused-ring (bicyclic) bond motifs is 1. The van der Waals surface area contributed by atoms with Crippen LogP contribution >= 0.6 is 11.6 Å². The molecule has 0 bridgehead atoms. The molecular formula is C16H19ClN4. The first-order valence-electron chi connectivity index (χ1n) is 7.07. The summed E-state index contributed by atoms with van der Waals surface area (Å²) < 4.78 is 0. The fourth-order valence-corrected chi connectivity index (χ4v) is 2.81. The topological polar surface area (TPSA) is 31.4 Å². The molecule has 1 aromatic heterocycles. The summed E-state index contributed by atoms with van der Waals surface area (Å²) in [5, 5.41) is 3.77. The number of rotatable bonds is 3. The number of anilines is 3. The molecule has 4 nitrogen and oxygen atoms in total. The first-order valence-corrected chi connectivity index (χ1v) is 7.45. The standard InChI is InChI=1S/C16H19ClN4/c1-18-16-8-7-12(17)13(19-16)11-21-10-9-20(2)14-5-3-4-6-15(14)21/h3-8H,9-11H2,1-2H3,(H,18,19). The average Bonchev–Trinajstić information content (AvgIpc) is 2.52. The van der Waals surface area contributed by atoms with Gasteiger partial charge < -0.3 is 15.1 Å². The maximum absolute atomic E-state index is 6.30. The summed E-state index contributed by atoms with van der Waals surface area (Å²) in [6.07, 6.45) is 0. The summed E-state index contributed by atoms with van der Waals surface area (Å²) in [6.45, 7) is 2.69. The lowest BCUT2D eigenvalue weighted by Crippen LogP contribution is -2.38. The average molecular weight is 303 g/mol. The second kappa shape index (κ2) is 5.82. The maximum Gasteiger partial charge on any atom is 0.126 e. The molecule has 2 heterocycles. The second-order valence-electron chi connectivity index (χ2n) is 5.21. The van der Waals surface area contributed by atoms with Gasteiger partial charge in [-0.25, -0.2) is 4.98 Å². The molecule has 0 unspecified atom stereocenters. The minimum Gasteiger partial charge on any atom is -0.373 e. The van der Waals surface area contributed by atoms with Gasteiger partial charge in [0, 0.05) is 27.2 Å². The molecule has 3 rings (SSSR count). The molecule has 0 saturated carbocycles. The number of likely N-dealkylation sites (N-methyl/N-ethyl adjacent to an activating group) is 1. The molecular weight excluding hydrogens is 284 g/mol. The third-order valence-electron chi connectivity index (χ3n) is 3.85. The van der Waals surface area contributed by atoms with E-state index in [1.165, 1.54) is 11.4 Å². The fourth-order valence-electron chi connectivity index (χ4n) is 2.65. The molecule has 2 aromatic rings. The van der Waals surface area contributed by atoms with Crippen molar-refractivity contribution in [1.29, 1.82) is 0 Å². The van der Waals surface area contributed by atoms with Crippen molar-refractivity contribution in [2.75, 3.05) is 42.3 Å². The third kappa shape index (κ3) is 2.76. The predicted octanol–water partition coefficient (Wildman–Crippen LogP) is 3.23. The van der Waals surface area contributed by atoms with Crippen LogP contribution in [0.3, 0.4) is 0 Å². The molecule has 0 amide bonds. The number of hydrogen-bond acceptors (Lipinski definition) is 4. The van der Waals surface area contributed by atoms with Gasteiger partial charge in [0.1, 0.15) is 5.82 Å². The van der Waals surface area contributed by atoms with Crippen LogP contribution < -0.4 is 15.1 Å². The lowest BCUT2D eigenvalue weighted by atomic mass is 10.1. The highest BCUT2D eigenvalue weighted by molar-refractivity contribution is 6.31. The van der Waals surface area contributed by atoms with E-state index in [0.717, 1.165) is 31.1 Å². The first kappa shape index (κ1) is 14.0. The molecule has 0 aliphatic carbocycles. The molecule has 0 saturated heterocycles. The van der Waals surface area contributed by atoms with Crippen molar-refractivity contribution in [3.05, 3.63) is 47.1 Å². The van der Waals surface area contributed by atoms with Gasteiger partial charge in [0.25, 0.3) is 0 Å². The van der Waals surface area contributed by atoms with Crippen LogP contribution in [0, 0.1) is 0 Å². The molecule has 5 heteroatoms. The Morgan fingerprint density at radius 2 is 1.90 bits per heavy atom. The Hall–Kier alpha value is -1.94. The number of pyridine rings is 1. The summed E-state index contributed by atoms with van der Waals surface area (Å²) in [6, 6.07) is 12.2. The van der Waals surface area contributed by atoms with E-state index < -0.39 is 0 Å². The lowest BCUT2D eigenvalue weighted by Gasteiger charge is -2.37. The van der Waals surface area contributed by atoms with Crippen LogP contribution in [0.15, 0.2) is 36.4 Å². The normalized spacial score (nSPS) is 14.0. The van der Waals surface area contributed by atoms with E-state index in [4.69, 9.17) is 11.6 Å². The Bertz CT molecular complexity index is 644. The monoisotopic (exact) mass is 302 g/mol. The zero-order valence-electron chi connectivity index (χ0n) is 12.3. The highest BCUT2D eigenvalue weighted by Gasteiger charge is 2.21. The number of nitrogens with zero attached hydrogens (tertiary/aromatic N) is 3. The van der Waals surface area contributed by atoms with E-state index in [2.05, 4.69) is 51.4 Å². The molecule has 1 aliphatic rings. The summed E-state index contributed by atoms with van der Waals surface area (Å²) >= 11 is 6.30. The smallest absolute Gasteiger partial charge is 0.126 e. The van der Waals surface area contributed by atoms with Crippen molar-refractivity contribution < 1.29 is 0 Å². The molecule has 0 radical (unpaired) electrons. The van der Waals surface area contributed by atoms with E-state index in [1.54, 1.807) is 0 Å². The summed E-state index contributed by atoms with van der Waals surface area (Å²) in [4.78, 5) is 9.20. The van der Waals surface area contributed by atoms with Crippen LogP contribution in [0.4, 0.5) is 17.2 Å². The van der Waals surface area contributed by atoms with Gasteiger partial charge in [0.15, 0.2) is 0 Å². The van der Waals surface area contributed by atoms with Crippen LogP contribution in [0.1, 0.15) is 5.69 Å². The molecule has 0 fully saturated rings. The summed E-state index contributed by atoms with van der Waals surface area (Å²) in [7, 11) is 3.99. The van der Waals surface area contributed by atoms with Gasteiger partial charge in [0.05, 0.1) is 28.6 Å². The summed E-state index contributed by atoms with van der Waals surface area (Å²) in [5.41, 5.74) is 3.39. The van der Waals surface area contributed by atoms with Crippen LogP contribution in [0.2, 0.25) is 5.02 Å². The third-order valence-corrected chi connectivity index (χ3v) is 4.20. The number of para-hydroxylation sites is 2. The van der Waals surface area contributed by atoms with Gasteiger partial charge in [-0.05, 0) is 24.3 Å². The van der Waals surface area contributed by atoms with E-state index in [-0.39, 0.29) is 0 Å². The molecule has 0 atom stereocenters. The van der Waals surface area contributed by atoms with Gasteiger partial charge in [-0.1, -0.05) is 23.7 Å². The van der Waals surface area contributed by atoms with Crippen molar-refractivity contribution in [1.82, 2.24) is 4.98 Å². The zero-order valence-corrected chi connectivity index (χ0v) is 13.1. The molecule has 1 N–H and O–H groups in total. The molecule has 21 heavy (non-hydrogen) atoms. The van der Waals surface area contributed by atoms with Crippen molar-refractivity contribution in [3.8, 4) is 0 Å². The van der Waals surface area contributed by atoms with Gasteiger partial charge in [-0.3, -0.25) is 0 Å². The minimum atomic E-state index is 0.713. The SMILES string of the molecule is CNc1ccc(Cl)c(CN2CCN(C)c3ccccc32)n1. The van der Waals surface area contributed by atoms with Crippen LogP contribution in [-0.2, 0) is 6.54 Å². The second-order valence-corrected chi connectivity index (χ2v) is 5.61. The largest absolute Gasteiger partial charge is 0.373 e. The first-order chi connectivity index (χ1) is 10.2. The van der Waals surface area contributed by atoms with Gasteiger partial charge in [0.2, 0.25) is 0 Å². The number of halogens is 1. The quantitative estimate of drug-likeness (QED) is 0.943. The van der Waals surface area contributed by atoms with E-state index in [1.807, 2.05) is 19.2 Å². The molecule has 1 aromatic carbocycles. The minimum absolute atomic E-state index is 0.713. The maximum atomic E-state index is 6.30. The van der Waals surface area contributed by atoms with Crippen LogP contribution in [0.25, 0.3) is 0 Å². The van der Waals surface area contributed by atoms with Crippen molar-refractivity contribution in [2.45, 2.75) is 6.54 Å². The van der Waals surface area contributed by atoms with E-state index >= 15 is 0 Å². The van der Waals surface area contributed by atoms with Gasteiger partial charge >= 0.3 is 0 Å². The number of nitrogens with one attached hydrogen (secondary N) is 1. The van der Waals surface area contributed by atoms with Crippen LogP contribution in [-0.4, -0.2) is 32.2 Å². The van der Waals surface area contributed by atoms with E-state index in [0.29, 0.717) is 5.02 Å². The van der Waals surface area contributed by atoms with Crippen LogP contribution in [0.5, 0.6) is 0 Å². The molecule has 110 valence electrons. The number of benzene rings is 1. The highest BCUT2D eigenvalue weighted by atomic mass is 35.5. The van der Waals surface area contributed by atoms with Gasteiger partial charge in [-0.15, -0.1) is 0 Å². The highest BCUT2D eigenvalue weighted by Crippen LogP contribution is 2.33. The zero-order chi connectivity index (χ0) is 14.8. The predicted molar refractivity (Wildman–Crippen MR) is 89.6 cm³/mol.